The standard InChI is InChI=1S/C30H38N/c1-17(2)29(18(3)4)23-10-11-25-24(15-23)13-20(6)31(7)30(25)26-16-28-22-9-8-21(14-22)27(28)12-19(26)5/h10-13,15-18,21-22,29H,8-9,14H2,1-7H3/q+1/i13D. The highest BCUT2D eigenvalue weighted by molar-refractivity contribution is 5.94. The van der Waals surface area contributed by atoms with E-state index in [1.54, 1.807) is 11.1 Å². The SMILES string of the molecule is [2H]c1c(C)[n+](C)c(-c2cc3c(cc2C)C2CCC3C2)c2ccc(C(C(C)C)C(C)C)cc12. The van der Waals surface area contributed by atoms with Crippen LogP contribution in [0.1, 0.15) is 94.0 Å². The molecule has 2 unspecified atom stereocenters. The van der Waals surface area contributed by atoms with Gasteiger partial charge in [-0.2, -0.15) is 4.57 Å². The van der Waals surface area contributed by atoms with Gasteiger partial charge in [0.05, 0.1) is 12.3 Å². The first-order chi connectivity index (χ1) is 15.2. The summed E-state index contributed by atoms with van der Waals surface area (Å²) >= 11 is 0. The van der Waals surface area contributed by atoms with Crippen LogP contribution in [-0.4, -0.2) is 0 Å². The number of pyridine rings is 1. The lowest BCUT2D eigenvalue weighted by molar-refractivity contribution is -0.665. The number of nitrogens with zero attached hydrogens (tertiary/aromatic N) is 1. The van der Waals surface area contributed by atoms with E-state index < -0.39 is 0 Å². The van der Waals surface area contributed by atoms with Crippen molar-refractivity contribution in [3.8, 4) is 11.3 Å². The molecule has 162 valence electrons. The molecule has 2 aliphatic carbocycles. The van der Waals surface area contributed by atoms with E-state index in [2.05, 4.69) is 83.5 Å². The molecule has 2 aromatic carbocycles. The zero-order valence-corrected chi connectivity index (χ0v) is 20.3. The van der Waals surface area contributed by atoms with Crippen LogP contribution in [0.3, 0.4) is 0 Å². The zero-order chi connectivity index (χ0) is 22.9. The van der Waals surface area contributed by atoms with Crippen LogP contribution in [0.4, 0.5) is 0 Å². The number of benzene rings is 2. The normalized spacial score (nSPS) is 20.4. The van der Waals surface area contributed by atoms with E-state index in [4.69, 9.17) is 1.37 Å². The summed E-state index contributed by atoms with van der Waals surface area (Å²) in [6, 6.07) is 12.6. The molecule has 0 radical (unpaired) electrons. The van der Waals surface area contributed by atoms with E-state index in [0.29, 0.717) is 23.8 Å². The lowest BCUT2D eigenvalue weighted by Gasteiger charge is -2.26. The highest BCUT2D eigenvalue weighted by Crippen LogP contribution is 2.54. The molecule has 31 heavy (non-hydrogen) atoms. The Balaban J connectivity index is 1.75. The minimum Gasteiger partial charge on any atom is -0.198 e. The van der Waals surface area contributed by atoms with Gasteiger partial charge in [0.15, 0.2) is 5.69 Å². The van der Waals surface area contributed by atoms with Crippen molar-refractivity contribution >= 4 is 10.8 Å². The summed E-state index contributed by atoms with van der Waals surface area (Å²) in [4.78, 5) is 0. The number of hydrogen-bond donors (Lipinski definition) is 0. The van der Waals surface area contributed by atoms with Gasteiger partial charge in [-0.15, -0.1) is 0 Å². The van der Waals surface area contributed by atoms with Gasteiger partial charge in [0.25, 0.3) is 0 Å². The van der Waals surface area contributed by atoms with Gasteiger partial charge in [0.1, 0.15) is 7.05 Å². The highest BCUT2D eigenvalue weighted by atomic mass is 14.9. The second-order valence-corrected chi connectivity index (χ2v) is 10.9. The fraction of sp³-hybridized carbons (Fsp3) is 0.500. The topological polar surface area (TPSA) is 3.88 Å². The van der Waals surface area contributed by atoms with E-state index in [1.165, 1.54) is 47.0 Å². The van der Waals surface area contributed by atoms with Crippen molar-refractivity contribution in [3.63, 3.8) is 0 Å². The molecule has 2 aliphatic rings. The van der Waals surface area contributed by atoms with Gasteiger partial charge in [-0.25, -0.2) is 0 Å². The molecule has 1 heteroatoms. The molecule has 1 saturated carbocycles. The molecular weight excluding hydrogens is 374 g/mol. The molecule has 0 saturated heterocycles. The molecule has 1 nitrogen and oxygen atoms in total. The van der Waals surface area contributed by atoms with Crippen LogP contribution in [0, 0.1) is 25.7 Å². The molecule has 1 fully saturated rings. The fourth-order valence-electron chi connectivity index (χ4n) is 6.83. The molecule has 2 bridgehead atoms. The predicted octanol–water partition coefficient (Wildman–Crippen LogP) is 7.71. The molecule has 0 spiro atoms. The minimum absolute atomic E-state index is 0.508. The van der Waals surface area contributed by atoms with Gasteiger partial charge >= 0.3 is 0 Å². The number of aryl methyl sites for hydroxylation is 1. The summed E-state index contributed by atoms with van der Waals surface area (Å²) in [7, 11) is 2.14. The lowest BCUT2D eigenvalue weighted by atomic mass is 9.79. The van der Waals surface area contributed by atoms with Crippen molar-refractivity contribution in [1.82, 2.24) is 0 Å². The Morgan fingerprint density at radius 3 is 2.23 bits per heavy atom. The molecule has 0 N–H and O–H groups in total. The maximum atomic E-state index is 8.96. The third-order valence-corrected chi connectivity index (χ3v) is 8.27. The van der Waals surface area contributed by atoms with Crippen molar-refractivity contribution in [2.45, 2.75) is 78.6 Å². The summed E-state index contributed by atoms with van der Waals surface area (Å²) in [6.45, 7) is 13.7. The molecule has 5 rings (SSSR count). The van der Waals surface area contributed by atoms with Crippen molar-refractivity contribution in [2.75, 3.05) is 0 Å². The Morgan fingerprint density at radius 1 is 0.935 bits per heavy atom. The molecule has 1 heterocycles. The Labute approximate surface area is 189 Å². The molecular formula is C30H38N+. The third kappa shape index (κ3) is 3.23. The first-order valence-electron chi connectivity index (χ1n) is 12.8. The highest BCUT2D eigenvalue weighted by Gasteiger charge is 2.38. The van der Waals surface area contributed by atoms with Gasteiger partial charge in [-0.3, -0.25) is 0 Å². The van der Waals surface area contributed by atoms with Crippen LogP contribution >= 0.6 is 0 Å². The van der Waals surface area contributed by atoms with E-state index in [9.17, 15) is 0 Å². The van der Waals surface area contributed by atoms with Crippen LogP contribution in [0.25, 0.3) is 22.0 Å². The Hall–Kier alpha value is -2.15. The second-order valence-electron chi connectivity index (χ2n) is 10.9. The van der Waals surface area contributed by atoms with E-state index in [1.807, 2.05) is 0 Å². The minimum atomic E-state index is 0.508. The first kappa shape index (κ1) is 19.5. The zero-order valence-electron chi connectivity index (χ0n) is 21.3. The molecule has 0 aliphatic heterocycles. The van der Waals surface area contributed by atoms with Crippen molar-refractivity contribution in [3.05, 3.63) is 64.3 Å². The Bertz CT molecular complexity index is 1210. The monoisotopic (exact) mass is 413 g/mol. The maximum Gasteiger partial charge on any atom is 0.220 e. The summed E-state index contributed by atoms with van der Waals surface area (Å²) in [5.74, 6) is 3.21. The quantitative estimate of drug-likeness (QED) is 0.386. The number of aromatic nitrogens is 1. The van der Waals surface area contributed by atoms with Crippen LogP contribution in [0.2, 0.25) is 0 Å². The fourth-order valence-corrected chi connectivity index (χ4v) is 6.83. The third-order valence-electron chi connectivity index (χ3n) is 8.27. The van der Waals surface area contributed by atoms with E-state index in [-0.39, 0.29) is 0 Å². The van der Waals surface area contributed by atoms with Crippen LogP contribution in [0.15, 0.2) is 36.4 Å². The van der Waals surface area contributed by atoms with Crippen molar-refractivity contribution in [2.24, 2.45) is 18.9 Å². The summed E-state index contributed by atoms with van der Waals surface area (Å²) in [5.41, 5.74) is 9.62. The molecule has 3 aromatic rings. The van der Waals surface area contributed by atoms with Crippen molar-refractivity contribution < 1.29 is 5.94 Å². The Morgan fingerprint density at radius 2 is 1.58 bits per heavy atom. The number of rotatable bonds is 4. The number of fused-ring (bicyclic) bond motifs is 6. The van der Waals surface area contributed by atoms with E-state index >= 15 is 0 Å². The Kier molecular flexibility index (Phi) is 4.70. The van der Waals surface area contributed by atoms with Crippen LogP contribution < -0.4 is 4.57 Å². The summed E-state index contributed by atoms with van der Waals surface area (Å²) in [6.07, 6.45) is 4.08. The van der Waals surface area contributed by atoms with Gasteiger partial charge < -0.3 is 0 Å². The average molecular weight is 414 g/mol. The number of hydrogen-bond acceptors (Lipinski definition) is 0. The summed E-state index contributed by atoms with van der Waals surface area (Å²) in [5, 5.41) is 2.31. The molecule has 1 aromatic heterocycles. The van der Waals surface area contributed by atoms with Gasteiger partial charge in [0, 0.05) is 13.0 Å². The average Bonchev–Trinajstić information content (AvgIpc) is 3.34. The van der Waals surface area contributed by atoms with Gasteiger partial charge in [0.2, 0.25) is 5.69 Å². The molecule has 0 amide bonds. The largest absolute Gasteiger partial charge is 0.220 e. The maximum absolute atomic E-state index is 8.96. The van der Waals surface area contributed by atoms with Crippen LogP contribution in [0.5, 0.6) is 0 Å². The van der Waals surface area contributed by atoms with Crippen molar-refractivity contribution in [1.29, 1.82) is 0 Å². The smallest absolute Gasteiger partial charge is 0.198 e. The summed E-state index contributed by atoms with van der Waals surface area (Å²) < 4.78 is 11.2. The van der Waals surface area contributed by atoms with Gasteiger partial charge in [-0.1, -0.05) is 45.9 Å². The van der Waals surface area contributed by atoms with Crippen LogP contribution in [-0.2, 0) is 7.05 Å². The first-order valence-corrected chi connectivity index (χ1v) is 12.3. The molecule has 2 atom stereocenters. The van der Waals surface area contributed by atoms with Gasteiger partial charge in [-0.05, 0) is 95.5 Å². The van der Waals surface area contributed by atoms with E-state index in [0.717, 1.165) is 22.9 Å². The second kappa shape index (κ2) is 7.47. The predicted molar refractivity (Wildman–Crippen MR) is 132 cm³/mol. The lowest BCUT2D eigenvalue weighted by Crippen LogP contribution is -2.35.